The van der Waals surface area contributed by atoms with Gasteiger partial charge in [0.1, 0.15) is 11.6 Å². The molecule has 23 heavy (non-hydrogen) atoms. The zero-order chi connectivity index (χ0) is 16.4. The van der Waals surface area contributed by atoms with E-state index in [4.69, 9.17) is 11.6 Å². The number of pyridine rings is 1. The van der Waals surface area contributed by atoms with Crippen molar-refractivity contribution in [2.24, 2.45) is 0 Å². The molecule has 0 aliphatic rings. The lowest BCUT2D eigenvalue weighted by molar-refractivity contribution is 0.601. The minimum absolute atomic E-state index is 0.136. The summed E-state index contributed by atoms with van der Waals surface area (Å²) in [5, 5.41) is 0.477. The first-order valence-corrected chi connectivity index (χ1v) is 8.56. The van der Waals surface area contributed by atoms with Crippen LogP contribution < -0.4 is 4.72 Å². The maximum absolute atomic E-state index is 12.3. The number of aromatic nitrogens is 3. The Hall–Kier alpha value is -2.38. The second-order valence-electron chi connectivity index (χ2n) is 4.81. The monoisotopic (exact) mass is 348 g/mol. The second-order valence-corrected chi connectivity index (χ2v) is 6.93. The normalized spacial score (nSPS) is 11.4. The van der Waals surface area contributed by atoms with Crippen molar-refractivity contribution in [2.45, 2.75) is 11.8 Å². The summed E-state index contributed by atoms with van der Waals surface area (Å²) >= 11 is 5.77. The van der Waals surface area contributed by atoms with Crippen LogP contribution in [0.1, 0.15) is 5.82 Å². The zero-order valence-electron chi connectivity index (χ0n) is 12.1. The molecule has 2 aromatic heterocycles. The van der Waals surface area contributed by atoms with E-state index in [1.54, 1.807) is 29.1 Å². The highest BCUT2D eigenvalue weighted by Crippen LogP contribution is 2.18. The quantitative estimate of drug-likeness (QED) is 0.786. The van der Waals surface area contributed by atoms with E-state index in [0.717, 1.165) is 5.82 Å². The van der Waals surface area contributed by atoms with Crippen molar-refractivity contribution < 1.29 is 8.42 Å². The molecule has 0 aliphatic heterocycles. The van der Waals surface area contributed by atoms with Gasteiger partial charge in [-0.25, -0.2) is 18.4 Å². The Morgan fingerprint density at radius 2 is 1.83 bits per heavy atom. The third kappa shape index (κ3) is 3.35. The highest BCUT2D eigenvalue weighted by atomic mass is 35.5. The Bertz CT molecular complexity index is 919. The van der Waals surface area contributed by atoms with E-state index < -0.39 is 10.0 Å². The minimum Gasteiger partial charge on any atom is -0.288 e. The first-order chi connectivity index (χ1) is 11.0. The Labute approximate surface area is 138 Å². The van der Waals surface area contributed by atoms with Gasteiger partial charge < -0.3 is 0 Å². The summed E-state index contributed by atoms with van der Waals surface area (Å²) in [6.45, 7) is 1.86. The molecule has 0 unspecified atom stereocenters. The Balaban J connectivity index is 1.83. The molecule has 0 saturated heterocycles. The van der Waals surface area contributed by atoms with Crippen molar-refractivity contribution in [3.05, 3.63) is 65.8 Å². The summed E-state index contributed by atoms with van der Waals surface area (Å²) in [6, 6.07) is 9.31. The van der Waals surface area contributed by atoms with Crippen LogP contribution in [0, 0.1) is 6.92 Å². The van der Waals surface area contributed by atoms with Crippen molar-refractivity contribution >= 4 is 27.3 Å². The molecule has 1 N–H and O–H groups in total. The Kier molecular flexibility index (Phi) is 4.06. The molecule has 3 aromatic rings. The highest BCUT2D eigenvalue weighted by Gasteiger charge is 2.14. The molecular formula is C15H13ClN4O2S. The van der Waals surface area contributed by atoms with Gasteiger partial charge in [-0.15, -0.1) is 0 Å². The first kappa shape index (κ1) is 15.5. The van der Waals surface area contributed by atoms with Gasteiger partial charge in [0.2, 0.25) is 0 Å². The van der Waals surface area contributed by atoms with Crippen LogP contribution in [0.25, 0.3) is 5.82 Å². The van der Waals surface area contributed by atoms with Crippen LogP contribution in [-0.2, 0) is 10.0 Å². The van der Waals surface area contributed by atoms with Crippen LogP contribution in [0.4, 0.5) is 5.69 Å². The molecule has 1 aromatic carbocycles. The number of anilines is 1. The number of halogens is 1. The van der Waals surface area contributed by atoms with Gasteiger partial charge in [-0.1, -0.05) is 11.6 Å². The zero-order valence-corrected chi connectivity index (χ0v) is 13.7. The largest absolute Gasteiger partial charge is 0.288 e. The molecule has 0 spiro atoms. The molecule has 0 atom stereocenters. The maximum Gasteiger partial charge on any atom is 0.261 e. The lowest BCUT2D eigenvalue weighted by Gasteiger charge is -2.09. The molecule has 0 bridgehead atoms. The fourth-order valence-electron chi connectivity index (χ4n) is 2.04. The first-order valence-electron chi connectivity index (χ1n) is 6.70. The fraction of sp³-hybridized carbons (Fsp3) is 0.0667. The van der Waals surface area contributed by atoms with Crippen LogP contribution >= 0.6 is 11.6 Å². The van der Waals surface area contributed by atoms with Gasteiger partial charge >= 0.3 is 0 Å². The van der Waals surface area contributed by atoms with Crippen molar-refractivity contribution in [1.29, 1.82) is 0 Å². The van der Waals surface area contributed by atoms with Crippen molar-refractivity contribution in [2.75, 3.05) is 4.72 Å². The fourth-order valence-corrected chi connectivity index (χ4v) is 3.21. The summed E-state index contributed by atoms with van der Waals surface area (Å²) in [5.74, 6) is 1.46. The number of rotatable bonds is 4. The summed E-state index contributed by atoms with van der Waals surface area (Å²) in [7, 11) is -3.67. The van der Waals surface area contributed by atoms with Crippen LogP contribution in [-0.4, -0.2) is 23.0 Å². The van der Waals surface area contributed by atoms with Gasteiger partial charge in [-0.3, -0.25) is 9.29 Å². The molecular weight excluding hydrogens is 336 g/mol. The minimum atomic E-state index is -3.67. The van der Waals surface area contributed by atoms with Crippen molar-refractivity contribution in [3.63, 3.8) is 0 Å². The summed E-state index contributed by atoms with van der Waals surface area (Å²) in [4.78, 5) is 8.51. The topological polar surface area (TPSA) is 76.9 Å². The van der Waals surface area contributed by atoms with E-state index in [-0.39, 0.29) is 4.90 Å². The predicted octanol–water partition coefficient (Wildman–Crippen LogP) is 3.03. The number of hydrogen-bond donors (Lipinski definition) is 1. The standard InChI is InChI=1S/C15H13ClN4O2S/c1-11-17-8-9-20(11)15-7-4-13(10-18-15)19-23(21,22)14-5-2-12(16)3-6-14/h2-10,19H,1H3. The Morgan fingerprint density at radius 1 is 1.09 bits per heavy atom. The average molecular weight is 349 g/mol. The smallest absolute Gasteiger partial charge is 0.261 e. The van der Waals surface area contributed by atoms with Gasteiger partial charge in [-0.2, -0.15) is 0 Å². The molecule has 2 heterocycles. The average Bonchev–Trinajstić information content (AvgIpc) is 2.94. The number of hydrogen-bond acceptors (Lipinski definition) is 4. The van der Waals surface area contributed by atoms with Gasteiger partial charge in [0.25, 0.3) is 10.0 Å². The van der Waals surface area contributed by atoms with Crippen LogP contribution in [0.3, 0.4) is 0 Å². The molecule has 8 heteroatoms. The third-order valence-corrected chi connectivity index (χ3v) is 4.85. The van der Waals surface area contributed by atoms with E-state index >= 15 is 0 Å². The van der Waals surface area contributed by atoms with E-state index in [1.807, 2.05) is 6.92 Å². The predicted molar refractivity (Wildman–Crippen MR) is 88.4 cm³/mol. The van der Waals surface area contributed by atoms with Gasteiger partial charge in [-0.05, 0) is 43.3 Å². The second kappa shape index (κ2) is 6.02. The summed E-state index contributed by atoms with van der Waals surface area (Å²) < 4.78 is 28.9. The van der Waals surface area contributed by atoms with Crippen molar-refractivity contribution in [3.8, 4) is 5.82 Å². The number of aryl methyl sites for hydroxylation is 1. The molecule has 3 rings (SSSR count). The molecule has 0 amide bonds. The number of benzene rings is 1. The summed E-state index contributed by atoms with van der Waals surface area (Å²) in [6.07, 6.45) is 4.92. The number of nitrogens with zero attached hydrogens (tertiary/aromatic N) is 3. The van der Waals surface area contributed by atoms with Gasteiger partial charge in [0.15, 0.2) is 0 Å². The van der Waals surface area contributed by atoms with Crippen LogP contribution in [0.2, 0.25) is 5.02 Å². The molecule has 0 saturated carbocycles. The SMILES string of the molecule is Cc1nccn1-c1ccc(NS(=O)(=O)c2ccc(Cl)cc2)cn1. The lowest BCUT2D eigenvalue weighted by Crippen LogP contribution is -2.13. The van der Waals surface area contributed by atoms with Gasteiger partial charge in [0, 0.05) is 17.4 Å². The number of nitrogens with one attached hydrogen (secondary N) is 1. The Morgan fingerprint density at radius 3 is 2.39 bits per heavy atom. The van der Waals surface area contributed by atoms with Crippen LogP contribution in [0.5, 0.6) is 0 Å². The van der Waals surface area contributed by atoms with E-state index in [1.165, 1.54) is 30.5 Å². The van der Waals surface area contributed by atoms with E-state index in [0.29, 0.717) is 16.5 Å². The lowest BCUT2D eigenvalue weighted by atomic mass is 10.4. The molecule has 0 aliphatic carbocycles. The van der Waals surface area contributed by atoms with Crippen molar-refractivity contribution in [1.82, 2.24) is 14.5 Å². The maximum atomic E-state index is 12.3. The van der Waals surface area contributed by atoms with Gasteiger partial charge in [0.05, 0.1) is 16.8 Å². The molecule has 6 nitrogen and oxygen atoms in total. The highest BCUT2D eigenvalue weighted by molar-refractivity contribution is 7.92. The third-order valence-electron chi connectivity index (χ3n) is 3.20. The van der Waals surface area contributed by atoms with Crippen LogP contribution in [0.15, 0.2) is 59.9 Å². The molecule has 0 fully saturated rings. The van der Waals surface area contributed by atoms with E-state index in [2.05, 4.69) is 14.7 Å². The molecule has 0 radical (unpaired) electrons. The summed E-state index contributed by atoms with van der Waals surface area (Å²) in [5.41, 5.74) is 0.376. The number of imidazole rings is 1. The molecule has 118 valence electrons. The van der Waals surface area contributed by atoms with E-state index in [9.17, 15) is 8.42 Å². The number of sulfonamides is 1.